The number of hydrogen-bond acceptors (Lipinski definition) is 4. The van der Waals surface area contributed by atoms with Crippen molar-refractivity contribution in [1.82, 2.24) is 4.90 Å². The second kappa shape index (κ2) is 7.49. The van der Waals surface area contributed by atoms with Gasteiger partial charge in [-0.3, -0.25) is 14.5 Å². The Kier molecular flexibility index (Phi) is 5.99. The highest BCUT2D eigenvalue weighted by molar-refractivity contribution is 5.78. The second-order valence-corrected chi connectivity index (χ2v) is 4.76. The predicted octanol–water partition coefficient (Wildman–Crippen LogP) is 0.809. The number of amides is 1. The number of carbonyl (C=O) groups excluding carboxylic acids is 1. The van der Waals surface area contributed by atoms with Crippen LogP contribution in [0, 0.1) is 0 Å². The molecule has 0 spiro atoms. The van der Waals surface area contributed by atoms with Gasteiger partial charge in [0.05, 0.1) is 6.54 Å². The van der Waals surface area contributed by atoms with Crippen LogP contribution in [0.3, 0.4) is 0 Å². The summed E-state index contributed by atoms with van der Waals surface area (Å²) >= 11 is 0. The molecule has 0 radical (unpaired) electrons. The molecule has 0 aliphatic heterocycles. The van der Waals surface area contributed by atoms with E-state index in [9.17, 15) is 14.7 Å². The van der Waals surface area contributed by atoms with Crippen molar-refractivity contribution >= 4 is 17.6 Å². The molecule has 1 unspecified atom stereocenters. The third-order valence-electron chi connectivity index (χ3n) is 2.98. The highest BCUT2D eigenvalue weighted by Crippen LogP contribution is 2.14. The molecule has 20 heavy (non-hydrogen) atoms. The van der Waals surface area contributed by atoms with E-state index >= 15 is 0 Å². The third kappa shape index (κ3) is 4.89. The maximum absolute atomic E-state index is 11.4. The van der Waals surface area contributed by atoms with Gasteiger partial charge in [0, 0.05) is 12.2 Å². The van der Waals surface area contributed by atoms with Gasteiger partial charge in [0.15, 0.2) is 0 Å². The minimum atomic E-state index is -0.947. The number of anilines is 1. The van der Waals surface area contributed by atoms with Gasteiger partial charge in [-0.1, -0.05) is 25.5 Å². The van der Waals surface area contributed by atoms with Crippen LogP contribution in [0.4, 0.5) is 5.69 Å². The number of hydrogen-bond donors (Lipinski definition) is 3. The van der Waals surface area contributed by atoms with Crippen molar-refractivity contribution in [3.05, 3.63) is 29.8 Å². The summed E-state index contributed by atoms with van der Waals surface area (Å²) in [6.07, 6.45) is 1.17. The lowest BCUT2D eigenvalue weighted by molar-refractivity contribution is -0.144. The van der Waals surface area contributed by atoms with E-state index in [-0.39, 0.29) is 6.54 Å². The van der Waals surface area contributed by atoms with E-state index < -0.39 is 17.9 Å². The Balaban J connectivity index is 2.92. The van der Waals surface area contributed by atoms with Crippen LogP contribution in [0.15, 0.2) is 24.3 Å². The molecular weight excluding hydrogens is 258 g/mol. The van der Waals surface area contributed by atoms with Crippen LogP contribution in [0.5, 0.6) is 0 Å². The van der Waals surface area contributed by atoms with Crippen LogP contribution in [-0.4, -0.2) is 34.5 Å². The molecule has 6 nitrogen and oxygen atoms in total. The Hall–Kier alpha value is -2.08. The number of aliphatic carboxylic acids is 1. The van der Waals surface area contributed by atoms with E-state index in [2.05, 4.69) is 0 Å². The summed E-state index contributed by atoms with van der Waals surface area (Å²) < 4.78 is 0. The first-order valence-electron chi connectivity index (χ1n) is 6.53. The fourth-order valence-corrected chi connectivity index (χ4v) is 2.14. The minimum Gasteiger partial charge on any atom is -0.480 e. The zero-order valence-corrected chi connectivity index (χ0v) is 11.6. The van der Waals surface area contributed by atoms with E-state index in [0.29, 0.717) is 25.1 Å². The van der Waals surface area contributed by atoms with Crippen molar-refractivity contribution in [3.63, 3.8) is 0 Å². The van der Waals surface area contributed by atoms with Crippen LogP contribution < -0.4 is 11.5 Å². The Labute approximate surface area is 118 Å². The number of nitrogen functional groups attached to an aromatic ring is 1. The van der Waals surface area contributed by atoms with Crippen molar-refractivity contribution < 1.29 is 14.7 Å². The van der Waals surface area contributed by atoms with Gasteiger partial charge in [0.1, 0.15) is 6.04 Å². The molecular formula is C14H21N3O3. The van der Waals surface area contributed by atoms with Gasteiger partial charge in [-0.15, -0.1) is 0 Å². The van der Waals surface area contributed by atoms with Gasteiger partial charge in [-0.05, 0) is 24.1 Å². The summed E-state index contributed by atoms with van der Waals surface area (Å²) in [6, 6.07) is 6.42. The molecule has 0 saturated heterocycles. The largest absolute Gasteiger partial charge is 0.480 e. The van der Waals surface area contributed by atoms with Gasteiger partial charge in [0.2, 0.25) is 5.91 Å². The first-order chi connectivity index (χ1) is 9.43. The lowest BCUT2D eigenvalue weighted by Gasteiger charge is -2.27. The SMILES string of the molecule is CCCC(C(=O)O)N(CC(N)=O)Cc1cccc(N)c1. The van der Waals surface area contributed by atoms with Crippen molar-refractivity contribution in [2.75, 3.05) is 12.3 Å². The molecule has 1 amide bonds. The van der Waals surface area contributed by atoms with E-state index in [0.717, 1.165) is 5.56 Å². The molecule has 110 valence electrons. The second-order valence-electron chi connectivity index (χ2n) is 4.76. The molecule has 1 aromatic carbocycles. The molecule has 5 N–H and O–H groups in total. The minimum absolute atomic E-state index is 0.0915. The Morgan fingerprint density at radius 3 is 2.60 bits per heavy atom. The number of carboxylic acids is 1. The summed E-state index contributed by atoms with van der Waals surface area (Å²) in [5, 5.41) is 9.30. The van der Waals surface area contributed by atoms with Crippen LogP contribution in [0.25, 0.3) is 0 Å². The molecule has 1 atom stereocenters. The quantitative estimate of drug-likeness (QED) is 0.610. The van der Waals surface area contributed by atoms with E-state index in [1.807, 2.05) is 13.0 Å². The summed E-state index contributed by atoms with van der Waals surface area (Å²) in [4.78, 5) is 24.1. The fraction of sp³-hybridized carbons (Fsp3) is 0.429. The standard InChI is InChI=1S/C14H21N3O3/c1-2-4-12(14(19)20)17(9-13(16)18)8-10-5-3-6-11(15)7-10/h3,5-7,12H,2,4,8-9,15H2,1H3,(H2,16,18)(H,19,20). The Bertz CT molecular complexity index is 476. The number of nitrogens with two attached hydrogens (primary N) is 2. The average molecular weight is 279 g/mol. The number of carbonyl (C=O) groups is 2. The molecule has 0 bridgehead atoms. The maximum Gasteiger partial charge on any atom is 0.320 e. The highest BCUT2D eigenvalue weighted by Gasteiger charge is 2.26. The van der Waals surface area contributed by atoms with Crippen LogP contribution in [0.1, 0.15) is 25.3 Å². The van der Waals surface area contributed by atoms with Gasteiger partial charge in [-0.25, -0.2) is 0 Å². The van der Waals surface area contributed by atoms with Crippen LogP contribution >= 0.6 is 0 Å². The number of primary amides is 1. The number of carboxylic acid groups (broad SMARTS) is 1. The van der Waals surface area contributed by atoms with Crippen molar-refractivity contribution in [2.24, 2.45) is 5.73 Å². The zero-order valence-electron chi connectivity index (χ0n) is 11.6. The number of rotatable bonds is 8. The number of benzene rings is 1. The molecule has 1 aromatic rings. The van der Waals surface area contributed by atoms with Crippen molar-refractivity contribution in [3.8, 4) is 0 Å². The molecule has 0 aliphatic carbocycles. The van der Waals surface area contributed by atoms with Gasteiger partial charge >= 0.3 is 5.97 Å². The fourth-order valence-electron chi connectivity index (χ4n) is 2.14. The van der Waals surface area contributed by atoms with Crippen molar-refractivity contribution in [2.45, 2.75) is 32.4 Å². The lowest BCUT2D eigenvalue weighted by Crippen LogP contribution is -2.45. The highest BCUT2D eigenvalue weighted by atomic mass is 16.4. The van der Waals surface area contributed by atoms with Gasteiger partial charge in [-0.2, -0.15) is 0 Å². The smallest absolute Gasteiger partial charge is 0.320 e. The van der Waals surface area contributed by atoms with Crippen molar-refractivity contribution in [1.29, 1.82) is 0 Å². The van der Waals surface area contributed by atoms with Crippen LogP contribution in [0.2, 0.25) is 0 Å². The Morgan fingerprint density at radius 2 is 2.10 bits per heavy atom. The first kappa shape index (κ1) is 16.0. The molecule has 0 heterocycles. The molecule has 0 fully saturated rings. The van der Waals surface area contributed by atoms with E-state index in [1.165, 1.54) is 0 Å². The summed E-state index contributed by atoms with van der Waals surface area (Å²) in [5.41, 5.74) is 12.4. The summed E-state index contributed by atoms with van der Waals surface area (Å²) in [7, 11) is 0. The van der Waals surface area contributed by atoms with E-state index in [1.54, 1.807) is 23.1 Å². The predicted molar refractivity (Wildman–Crippen MR) is 76.8 cm³/mol. The molecule has 1 rings (SSSR count). The Morgan fingerprint density at radius 1 is 1.40 bits per heavy atom. The molecule has 0 aliphatic rings. The third-order valence-corrected chi connectivity index (χ3v) is 2.98. The topological polar surface area (TPSA) is 110 Å². The monoisotopic (exact) mass is 279 g/mol. The van der Waals surface area contributed by atoms with Crippen LogP contribution in [-0.2, 0) is 16.1 Å². The lowest BCUT2D eigenvalue weighted by atomic mass is 10.1. The summed E-state index contributed by atoms with van der Waals surface area (Å²) in [5.74, 6) is -1.49. The summed E-state index contributed by atoms with van der Waals surface area (Å²) in [6.45, 7) is 2.13. The average Bonchev–Trinajstić information content (AvgIpc) is 2.34. The molecule has 0 saturated carbocycles. The maximum atomic E-state index is 11.4. The zero-order chi connectivity index (χ0) is 15.1. The van der Waals surface area contributed by atoms with Gasteiger partial charge in [0.25, 0.3) is 0 Å². The molecule has 6 heteroatoms. The normalized spacial score (nSPS) is 12.3. The van der Waals surface area contributed by atoms with E-state index in [4.69, 9.17) is 11.5 Å². The number of nitrogens with zero attached hydrogens (tertiary/aromatic N) is 1. The van der Waals surface area contributed by atoms with Gasteiger partial charge < -0.3 is 16.6 Å². The molecule has 0 aromatic heterocycles. The first-order valence-corrected chi connectivity index (χ1v) is 6.53.